The minimum absolute atomic E-state index is 0.133. The van der Waals surface area contributed by atoms with Crippen LogP contribution in [0.5, 0.6) is 5.75 Å². The number of benzene rings is 1. The van der Waals surface area contributed by atoms with Crippen molar-refractivity contribution in [2.75, 3.05) is 20.1 Å². The van der Waals surface area contributed by atoms with Gasteiger partial charge in [0.25, 0.3) is 0 Å². The van der Waals surface area contributed by atoms with Crippen molar-refractivity contribution in [3.05, 3.63) is 29.8 Å². The number of nitrogens with zero attached hydrogens (tertiary/aromatic N) is 2. The van der Waals surface area contributed by atoms with E-state index in [2.05, 4.69) is 27.3 Å². The van der Waals surface area contributed by atoms with Crippen LogP contribution >= 0.6 is 0 Å². The quantitative estimate of drug-likeness (QED) is 0.520. The standard InChI is InChI=1S/C19H27F3N4O2/c1-3-15(26-12-6-9-17(26)27)10-11-24-18(23-2)25-13-14-7-4-5-8-16(14)28-19(20,21)22/h4-5,7-8,15H,3,6,9-13H2,1-2H3,(H2,23,24,25). The second-order valence-electron chi connectivity index (χ2n) is 6.55. The van der Waals surface area contributed by atoms with Crippen LogP contribution < -0.4 is 15.4 Å². The summed E-state index contributed by atoms with van der Waals surface area (Å²) in [6.45, 7) is 3.59. The molecule has 0 spiro atoms. The molecule has 28 heavy (non-hydrogen) atoms. The number of aliphatic imine (C=N–C) groups is 1. The maximum Gasteiger partial charge on any atom is 0.573 e. The molecule has 156 valence electrons. The zero-order chi connectivity index (χ0) is 20.6. The van der Waals surface area contributed by atoms with Crippen molar-refractivity contribution in [1.29, 1.82) is 0 Å². The van der Waals surface area contributed by atoms with Gasteiger partial charge in [-0.1, -0.05) is 25.1 Å². The van der Waals surface area contributed by atoms with E-state index in [1.54, 1.807) is 19.2 Å². The molecule has 6 nitrogen and oxygen atoms in total. The Hall–Kier alpha value is -2.45. The Morgan fingerprint density at radius 3 is 2.68 bits per heavy atom. The van der Waals surface area contributed by atoms with Gasteiger partial charge in [0.05, 0.1) is 0 Å². The topological polar surface area (TPSA) is 66.0 Å². The molecule has 1 aliphatic rings. The smallest absolute Gasteiger partial charge is 0.405 e. The lowest BCUT2D eigenvalue weighted by Crippen LogP contribution is -2.41. The summed E-state index contributed by atoms with van der Waals surface area (Å²) < 4.78 is 41.6. The van der Waals surface area contributed by atoms with E-state index in [1.165, 1.54) is 12.1 Å². The molecule has 2 rings (SSSR count). The zero-order valence-electron chi connectivity index (χ0n) is 16.2. The molecule has 1 aromatic carbocycles. The Balaban J connectivity index is 1.84. The molecule has 0 aliphatic carbocycles. The van der Waals surface area contributed by atoms with E-state index in [1.807, 2.05) is 4.90 Å². The number of guanidine groups is 1. The summed E-state index contributed by atoms with van der Waals surface area (Å²) in [5.41, 5.74) is 0.372. The van der Waals surface area contributed by atoms with Crippen LogP contribution in [0.4, 0.5) is 13.2 Å². The van der Waals surface area contributed by atoms with Gasteiger partial charge in [-0.25, -0.2) is 0 Å². The number of likely N-dealkylation sites (tertiary alicyclic amines) is 1. The highest BCUT2D eigenvalue weighted by molar-refractivity contribution is 5.80. The first-order chi connectivity index (χ1) is 13.3. The number of ether oxygens (including phenoxy) is 1. The largest absolute Gasteiger partial charge is 0.573 e. The summed E-state index contributed by atoms with van der Waals surface area (Å²) in [6, 6.07) is 6.16. The summed E-state index contributed by atoms with van der Waals surface area (Å²) in [4.78, 5) is 17.9. The lowest BCUT2D eigenvalue weighted by molar-refractivity contribution is -0.274. The van der Waals surface area contributed by atoms with Gasteiger partial charge < -0.3 is 20.3 Å². The lowest BCUT2D eigenvalue weighted by atomic mass is 10.1. The number of carbonyl (C=O) groups excluding carboxylic acids is 1. The Labute approximate surface area is 163 Å². The van der Waals surface area contributed by atoms with Crippen LogP contribution in [0.15, 0.2) is 29.3 Å². The van der Waals surface area contributed by atoms with Gasteiger partial charge >= 0.3 is 6.36 Å². The van der Waals surface area contributed by atoms with Crippen molar-refractivity contribution < 1.29 is 22.7 Å². The molecule has 0 saturated carbocycles. The van der Waals surface area contributed by atoms with Crippen molar-refractivity contribution in [2.24, 2.45) is 4.99 Å². The van der Waals surface area contributed by atoms with Gasteiger partial charge in [0.2, 0.25) is 5.91 Å². The number of rotatable bonds is 8. The maximum atomic E-state index is 12.5. The van der Waals surface area contributed by atoms with E-state index in [4.69, 9.17) is 0 Å². The number of alkyl halides is 3. The Morgan fingerprint density at radius 2 is 2.07 bits per heavy atom. The number of para-hydroxylation sites is 1. The molecule has 1 fully saturated rings. The molecule has 0 bridgehead atoms. The number of amides is 1. The Bertz CT molecular complexity index is 679. The van der Waals surface area contributed by atoms with Gasteiger partial charge in [-0.05, 0) is 25.3 Å². The number of hydrogen-bond acceptors (Lipinski definition) is 3. The summed E-state index contributed by atoms with van der Waals surface area (Å²) in [7, 11) is 1.59. The third-order valence-corrected chi connectivity index (χ3v) is 4.66. The second-order valence-corrected chi connectivity index (χ2v) is 6.55. The fourth-order valence-electron chi connectivity index (χ4n) is 3.27. The molecular formula is C19H27F3N4O2. The predicted molar refractivity (Wildman–Crippen MR) is 101 cm³/mol. The van der Waals surface area contributed by atoms with Crippen LogP contribution in [-0.4, -0.2) is 49.3 Å². The van der Waals surface area contributed by atoms with E-state index in [9.17, 15) is 18.0 Å². The minimum Gasteiger partial charge on any atom is -0.405 e. The fourth-order valence-corrected chi connectivity index (χ4v) is 3.27. The van der Waals surface area contributed by atoms with E-state index < -0.39 is 6.36 Å². The third kappa shape index (κ3) is 6.61. The summed E-state index contributed by atoms with van der Waals surface area (Å²) in [5.74, 6) is 0.441. The lowest BCUT2D eigenvalue weighted by Gasteiger charge is -2.27. The monoisotopic (exact) mass is 400 g/mol. The van der Waals surface area contributed by atoms with Crippen LogP contribution in [0.2, 0.25) is 0 Å². The molecule has 1 heterocycles. The molecule has 1 atom stereocenters. The average molecular weight is 400 g/mol. The Kier molecular flexibility index (Phi) is 7.95. The molecular weight excluding hydrogens is 373 g/mol. The predicted octanol–water partition coefficient (Wildman–Crippen LogP) is 3.04. The normalized spacial score (nSPS) is 16.2. The van der Waals surface area contributed by atoms with E-state index in [0.29, 0.717) is 24.5 Å². The van der Waals surface area contributed by atoms with Crippen molar-refractivity contribution in [3.63, 3.8) is 0 Å². The highest BCUT2D eigenvalue weighted by Gasteiger charge is 2.32. The van der Waals surface area contributed by atoms with Crippen molar-refractivity contribution in [1.82, 2.24) is 15.5 Å². The molecule has 2 N–H and O–H groups in total. The maximum absolute atomic E-state index is 12.5. The van der Waals surface area contributed by atoms with Crippen molar-refractivity contribution >= 4 is 11.9 Å². The highest BCUT2D eigenvalue weighted by Crippen LogP contribution is 2.26. The van der Waals surface area contributed by atoms with Crippen LogP contribution in [0.1, 0.15) is 38.2 Å². The number of halogens is 3. The molecule has 1 amide bonds. The van der Waals surface area contributed by atoms with Crippen LogP contribution in [0.25, 0.3) is 0 Å². The van der Waals surface area contributed by atoms with E-state index in [0.717, 1.165) is 25.8 Å². The van der Waals surface area contributed by atoms with Crippen LogP contribution in [0, 0.1) is 0 Å². The van der Waals surface area contributed by atoms with Gasteiger partial charge in [-0.2, -0.15) is 0 Å². The molecule has 1 aliphatic heterocycles. The fraction of sp³-hybridized carbons (Fsp3) is 0.579. The van der Waals surface area contributed by atoms with Gasteiger partial charge in [0.15, 0.2) is 5.96 Å². The van der Waals surface area contributed by atoms with Gasteiger partial charge in [0.1, 0.15) is 5.75 Å². The number of nitrogens with one attached hydrogen (secondary N) is 2. The summed E-state index contributed by atoms with van der Waals surface area (Å²) in [6.07, 6.45) is -1.56. The molecule has 0 aromatic heterocycles. The summed E-state index contributed by atoms with van der Waals surface area (Å²) >= 11 is 0. The Morgan fingerprint density at radius 1 is 1.32 bits per heavy atom. The first kappa shape index (κ1) is 21.8. The van der Waals surface area contributed by atoms with Gasteiger partial charge in [-0.3, -0.25) is 9.79 Å². The molecule has 0 radical (unpaired) electrons. The average Bonchev–Trinajstić information content (AvgIpc) is 3.07. The van der Waals surface area contributed by atoms with E-state index in [-0.39, 0.29) is 24.2 Å². The molecule has 9 heteroatoms. The molecule has 1 unspecified atom stereocenters. The number of hydrogen-bond donors (Lipinski definition) is 2. The highest BCUT2D eigenvalue weighted by atomic mass is 19.4. The first-order valence-electron chi connectivity index (χ1n) is 9.41. The SMILES string of the molecule is CCC(CCNC(=NC)NCc1ccccc1OC(F)(F)F)N1CCCC1=O. The van der Waals surface area contributed by atoms with Gasteiger partial charge in [-0.15, -0.1) is 13.2 Å². The first-order valence-corrected chi connectivity index (χ1v) is 9.41. The molecule has 1 aromatic rings. The van der Waals surface area contributed by atoms with Gasteiger partial charge in [0, 0.05) is 44.7 Å². The minimum atomic E-state index is -4.74. The third-order valence-electron chi connectivity index (χ3n) is 4.66. The van der Waals surface area contributed by atoms with Crippen LogP contribution in [-0.2, 0) is 11.3 Å². The van der Waals surface area contributed by atoms with Crippen LogP contribution in [0.3, 0.4) is 0 Å². The van der Waals surface area contributed by atoms with Crippen molar-refractivity contribution in [2.45, 2.75) is 51.6 Å². The zero-order valence-corrected chi connectivity index (χ0v) is 16.2. The molecule has 1 saturated heterocycles. The number of carbonyl (C=O) groups is 1. The second kappa shape index (κ2) is 10.2. The van der Waals surface area contributed by atoms with Crippen molar-refractivity contribution in [3.8, 4) is 5.75 Å². The summed E-state index contributed by atoms with van der Waals surface area (Å²) in [5, 5.41) is 6.14. The van der Waals surface area contributed by atoms with E-state index >= 15 is 0 Å².